The maximum atomic E-state index is 11.3. The van der Waals surface area contributed by atoms with E-state index in [2.05, 4.69) is 36.3 Å². The number of amidine groups is 1. The van der Waals surface area contributed by atoms with Crippen molar-refractivity contribution in [3.05, 3.63) is 64.2 Å². The van der Waals surface area contributed by atoms with Gasteiger partial charge in [0.15, 0.2) is 0 Å². The number of rotatable bonds is 6. The molecule has 134 valence electrons. The van der Waals surface area contributed by atoms with Crippen LogP contribution in [0.1, 0.15) is 41.2 Å². The number of aryl methyl sites for hydroxylation is 2. The summed E-state index contributed by atoms with van der Waals surface area (Å²) in [5, 5.41) is 3.27. The minimum Gasteiger partial charge on any atom is -0.772 e. The average Bonchev–Trinajstić information content (AvgIpc) is 2.57. The van der Waals surface area contributed by atoms with Gasteiger partial charge in [0.25, 0.3) is 0 Å². The molecule has 1 atom stereocenters. The summed E-state index contributed by atoms with van der Waals surface area (Å²) in [6.45, 7) is 6.17. The topological polar surface area (TPSA) is 64.5 Å². The molecule has 0 saturated carbocycles. The predicted octanol–water partition coefficient (Wildman–Crippen LogP) is 4.12. The summed E-state index contributed by atoms with van der Waals surface area (Å²) in [7, 11) is 1.73. The second kappa shape index (κ2) is 8.92. The molecule has 0 fully saturated rings. The van der Waals surface area contributed by atoms with Crippen LogP contribution < -0.4 is 5.32 Å². The largest absolute Gasteiger partial charge is 0.772 e. The maximum absolute atomic E-state index is 11.3. The van der Waals surface area contributed by atoms with Gasteiger partial charge in [0.2, 0.25) is 0 Å². The number of nitrogens with zero attached hydrogens (tertiary/aromatic N) is 1. The van der Waals surface area contributed by atoms with E-state index in [-0.39, 0.29) is 5.75 Å². The zero-order chi connectivity index (χ0) is 18.4. The molecule has 0 heterocycles. The van der Waals surface area contributed by atoms with Crippen LogP contribution in [0.4, 0.5) is 5.69 Å². The molecule has 4 nitrogen and oxygen atoms in total. The Bertz CT molecular complexity index is 800. The normalized spacial score (nSPS) is 12.9. The van der Waals surface area contributed by atoms with E-state index in [1.165, 1.54) is 11.1 Å². The smallest absolute Gasteiger partial charge is 0.100 e. The van der Waals surface area contributed by atoms with E-state index < -0.39 is 11.1 Å². The maximum Gasteiger partial charge on any atom is 0.100 e. The Kier molecular flexibility index (Phi) is 6.91. The van der Waals surface area contributed by atoms with Crippen LogP contribution in [0.15, 0.2) is 41.4 Å². The van der Waals surface area contributed by atoms with Gasteiger partial charge in [-0.25, -0.2) is 0 Å². The first-order chi connectivity index (χ1) is 11.9. The second-order valence-corrected chi connectivity index (χ2v) is 7.03. The van der Waals surface area contributed by atoms with Crippen LogP contribution in [0.25, 0.3) is 0 Å². The molecule has 0 aliphatic carbocycles. The molecule has 0 radical (unpaired) electrons. The summed E-state index contributed by atoms with van der Waals surface area (Å²) in [5.74, 6) is 0.827. The summed E-state index contributed by atoms with van der Waals surface area (Å²) in [5.41, 5.74) is 6.37. The molecule has 5 heteroatoms. The van der Waals surface area contributed by atoms with Crippen molar-refractivity contribution in [3.8, 4) is 0 Å². The van der Waals surface area contributed by atoms with Crippen LogP contribution in [0.2, 0.25) is 0 Å². The first-order valence-electron chi connectivity index (χ1n) is 8.40. The van der Waals surface area contributed by atoms with Crippen LogP contribution in [-0.2, 0) is 23.3 Å². The minimum atomic E-state index is -2.14. The number of nitrogens with one attached hydrogen (secondary N) is 1. The van der Waals surface area contributed by atoms with Gasteiger partial charge in [-0.3, -0.25) is 9.20 Å². The molecular weight excluding hydrogens is 332 g/mol. The lowest BCUT2D eigenvalue weighted by molar-refractivity contribution is 0.536. The number of hydrogen-bond acceptors (Lipinski definition) is 3. The molecule has 0 aliphatic heterocycles. The lowest BCUT2D eigenvalue weighted by atomic mass is 9.95. The lowest BCUT2D eigenvalue weighted by Gasteiger charge is -2.18. The molecule has 0 bridgehead atoms. The van der Waals surface area contributed by atoms with Gasteiger partial charge in [-0.2, -0.15) is 0 Å². The molecule has 0 aromatic heterocycles. The van der Waals surface area contributed by atoms with Crippen LogP contribution in [0, 0.1) is 13.8 Å². The average molecular weight is 357 g/mol. The highest BCUT2D eigenvalue weighted by atomic mass is 32.2. The van der Waals surface area contributed by atoms with E-state index in [0.29, 0.717) is 0 Å². The summed E-state index contributed by atoms with van der Waals surface area (Å²) >= 11 is -2.14. The van der Waals surface area contributed by atoms with Crippen molar-refractivity contribution in [3.63, 3.8) is 0 Å². The van der Waals surface area contributed by atoms with E-state index in [0.717, 1.165) is 41.1 Å². The van der Waals surface area contributed by atoms with E-state index in [1.54, 1.807) is 7.05 Å². The fourth-order valence-electron chi connectivity index (χ4n) is 2.83. The number of aliphatic imine (C=N–C) groups is 1. The monoisotopic (exact) mass is 357 g/mol. The molecule has 1 unspecified atom stereocenters. The Labute approximate surface area is 152 Å². The summed E-state index contributed by atoms with van der Waals surface area (Å²) < 4.78 is 22.6. The second-order valence-electron chi connectivity index (χ2n) is 6.14. The van der Waals surface area contributed by atoms with Gasteiger partial charge in [-0.15, -0.1) is 0 Å². The molecule has 0 spiro atoms. The van der Waals surface area contributed by atoms with Gasteiger partial charge >= 0.3 is 0 Å². The fourth-order valence-corrected chi connectivity index (χ4v) is 3.32. The van der Waals surface area contributed by atoms with Gasteiger partial charge in [0, 0.05) is 24.9 Å². The molecule has 0 saturated heterocycles. The molecule has 2 rings (SSSR count). The van der Waals surface area contributed by atoms with E-state index in [1.807, 2.05) is 31.2 Å². The van der Waals surface area contributed by atoms with E-state index in [4.69, 9.17) is 0 Å². The van der Waals surface area contributed by atoms with Crippen LogP contribution in [-0.4, -0.2) is 21.6 Å². The Morgan fingerprint density at radius 3 is 2.44 bits per heavy atom. The van der Waals surface area contributed by atoms with Gasteiger partial charge in [0.1, 0.15) is 5.84 Å². The zero-order valence-electron chi connectivity index (χ0n) is 15.3. The Morgan fingerprint density at radius 2 is 1.84 bits per heavy atom. The van der Waals surface area contributed by atoms with Gasteiger partial charge in [-0.05, 0) is 54.2 Å². The van der Waals surface area contributed by atoms with Crippen molar-refractivity contribution >= 4 is 22.6 Å². The van der Waals surface area contributed by atoms with Crippen molar-refractivity contribution in [2.24, 2.45) is 4.99 Å². The predicted molar refractivity (Wildman–Crippen MR) is 105 cm³/mol. The molecular formula is C20H25N2O2S-. The summed E-state index contributed by atoms with van der Waals surface area (Å²) in [6.07, 6.45) is 1.56. The SMILES string of the molecule is CCC(=NC)Nc1cc(C)c(Cc2ccccc2C)cc1CS(=O)[O-]. The number of hydrogen-bond donors (Lipinski definition) is 1. The Morgan fingerprint density at radius 1 is 1.12 bits per heavy atom. The Balaban J connectivity index is 2.42. The van der Waals surface area contributed by atoms with Gasteiger partial charge in [-0.1, -0.05) is 48.3 Å². The highest BCUT2D eigenvalue weighted by Crippen LogP contribution is 2.26. The van der Waals surface area contributed by atoms with Crippen LogP contribution in [0.5, 0.6) is 0 Å². The molecule has 1 N–H and O–H groups in total. The van der Waals surface area contributed by atoms with Crippen molar-refractivity contribution in [1.29, 1.82) is 0 Å². The van der Waals surface area contributed by atoms with Crippen LogP contribution >= 0.6 is 0 Å². The first-order valence-corrected chi connectivity index (χ1v) is 9.64. The quantitative estimate of drug-likeness (QED) is 0.480. The number of benzene rings is 2. The first kappa shape index (κ1) is 19.3. The Hall–Kier alpha value is -1.98. The fraction of sp³-hybridized carbons (Fsp3) is 0.350. The van der Waals surface area contributed by atoms with Gasteiger partial charge < -0.3 is 9.87 Å². The molecule has 25 heavy (non-hydrogen) atoms. The molecule has 0 amide bonds. The molecule has 2 aromatic rings. The lowest BCUT2D eigenvalue weighted by Crippen LogP contribution is -2.13. The summed E-state index contributed by atoms with van der Waals surface area (Å²) in [6, 6.07) is 12.3. The highest BCUT2D eigenvalue weighted by molar-refractivity contribution is 7.78. The third-order valence-corrected chi connectivity index (χ3v) is 4.91. The van der Waals surface area contributed by atoms with E-state index in [9.17, 15) is 8.76 Å². The summed E-state index contributed by atoms with van der Waals surface area (Å²) in [4.78, 5) is 4.21. The van der Waals surface area contributed by atoms with Crippen molar-refractivity contribution in [1.82, 2.24) is 0 Å². The third kappa shape index (κ3) is 5.25. The zero-order valence-corrected chi connectivity index (χ0v) is 16.1. The highest BCUT2D eigenvalue weighted by Gasteiger charge is 2.11. The standard InChI is InChI=1S/C20H26N2O2S/c1-5-20(21-4)22-19-10-15(3)17(12-18(19)13-25(23)24)11-16-9-7-6-8-14(16)2/h6-10,12H,5,11,13H2,1-4H3,(H,21,22)(H,23,24)/p-1. The van der Waals surface area contributed by atoms with Crippen molar-refractivity contribution < 1.29 is 8.76 Å². The minimum absolute atomic E-state index is 0.00983. The van der Waals surface area contributed by atoms with Gasteiger partial charge in [0.05, 0.1) is 0 Å². The number of anilines is 1. The van der Waals surface area contributed by atoms with Crippen molar-refractivity contribution in [2.45, 2.75) is 39.4 Å². The van der Waals surface area contributed by atoms with E-state index >= 15 is 0 Å². The molecule has 0 aliphatic rings. The van der Waals surface area contributed by atoms with Crippen molar-refractivity contribution in [2.75, 3.05) is 12.4 Å². The molecule has 2 aromatic carbocycles. The van der Waals surface area contributed by atoms with Crippen LogP contribution in [0.3, 0.4) is 0 Å². The third-order valence-electron chi connectivity index (χ3n) is 4.36.